The van der Waals surface area contributed by atoms with E-state index in [1.807, 2.05) is 17.5 Å². The van der Waals surface area contributed by atoms with Crippen LogP contribution in [-0.2, 0) is 7.05 Å². The Kier molecular flexibility index (Phi) is 3.48. The Bertz CT molecular complexity index is 716. The number of hydrogen-bond acceptors (Lipinski definition) is 6. The van der Waals surface area contributed by atoms with Crippen LogP contribution < -0.4 is 10.9 Å². The van der Waals surface area contributed by atoms with Crippen molar-refractivity contribution in [2.24, 2.45) is 7.05 Å². The standard InChI is InChI=1S/C12H11N5OS2/c1-17-10(4-5-13-17)15-16-11(18)8-7-20-12(14-8)9-3-2-6-19-9/h2-7,15H,1H3,(H,16,18). The van der Waals surface area contributed by atoms with E-state index < -0.39 is 0 Å². The summed E-state index contributed by atoms with van der Waals surface area (Å²) in [5.74, 6) is 0.428. The number of thiophene rings is 1. The van der Waals surface area contributed by atoms with Crippen molar-refractivity contribution in [1.82, 2.24) is 20.2 Å². The average molecular weight is 305 g/mol. The van der Waals surface area contributed by atoms with Gasteiger partial charge in [-0.3, -0.25) is 20.3 Å². The molecule has 6 nitrogen and oxygen atoms in total. The van der Waals surface area contributed by atoms with Crippen molar-refractivity contribution in [1.29, 1.82) is 0 Å². The van der Waals surface area contributed by atoms with E-state index in [9.17, 15) is 4.79 Å². The number of carbonyl (C=O) groups excluding carboxylic acids is 1. The molecule has 2 N–H and O–H groups in total. The molecule has 3 rings (SSSR count). The number of aryl methyl sites for hydroxylation is 1. The van der Waals surface area contributed by atoms with Gasteiger partial charge < -0.3 is 0 Å². The molecule has 102 valence electrons. The molecule has 3 aromatic rings. The monoisotopic (exact) mass is 305 g/mol. The first-order valence-electron chi connectivity index (χ1n) is 5.78. The van der Waals surface area contributed by atoms with Gasteiger partial charge in [0.25, 0.3) is 5.91 Å². The topological polar surface area (TPSA) is 71.8 Å². The largest absolute Gasteiger partial charge is 0.289 e. The zero-order chi connectivity index (χ0) is 13.9. The second kappa shape index (κ2) is 5.43. The Morgan fingerprint density at radius 2 is 2.25 bits per heavy atom. The number of carbonyl (C=O) groups is 1. The van der Waals surface area contributed by atoms with E-state index in [1.54, 1.807) is 40.7 Å². The molecule has 3 aromatic heterocycles. The third-order valence-electron chi connectivity index (χ3n) is 2.59. The zero-order valence-corrected chi connectivity index (χ0v) is 12.2. The number of nitrogens with zero attached hydrogens (tertiary/aromatic N) is 3. The minimum atomic E-state index is -0.273. The molecule has 0 bridgehead atoms. The molecule has 8 heteroatoms. The molecule has 1 amide bonds. The first-order valence-corrected chi connectivity index (χ1v) is 7.54. The van der Waals surface area contributed by atoms with Gasteiger partial charge in [0.1, 0.15) is 16.5 Å². The van der Waals surface area contributed by atoms with Crippen molar-refractivity contribution in [3.8, 4) is 9.88 Å². The van der Waals surface area contributed by atoms with E-state index in [2.05, 4.69) is 20.9 Å². The smallest absolute Gasteiger partial charge is 0.282 e. The number of hydrogen-bond donors (Lipinski definition) is 2. The molecule has 0 radical (unpaired) electrons. The summed E-state index contributed by atoms with van der Waals surface area (Å²) in [5, 5.41) is 8.58. The number of aromatic nitrogens is 3. The highest BCUT2D eigenvalue weighted by molar-refractivity contribution is 7.20. The molecule has 0 aliphatic carbocycles. The minimum Gasteiger partial charge on any atom is -0.282 e. The van der Waals surface area contributed by atoms with E-state index in [4.69, 9.17) is 0 Å². The molecule has 0 aromatic carbocycles. The lowest BCUT2D eigenvalue weighted by Crippen LogP contribution is -2.30. The first-order chi connectivity index (χ1) is 9.74. The second-order valence-corrected chi connectivity index (χ2v) is 5.74. The van der Waals surface area contributed by atoms with E-state index in [0.717, 1.165) is 9.88 Å². The number of nitrogens with one attached hydrogen (secondary N) is 2. The summed E-state index contributed by atoms with van der Waals surface area (Å²) in [5.41, 5.74) is 5.80. The molecule has 0 atom stereocenters. The zero-order valence-electron chi connectivity index (χ0n) is 10.5. The summed E-state index contributed by atoms with van der Waals surface area (Å²) in [7, 11) is 1.78. The molecule has 3 heterocycles. The molecule has 0 saturated heterocycles. The van der Waals surface area contributed by atoms with Gasteiger partial charge >= 0.3 is 0 Å². The van der Waals surface area contributed by atoms with Crippen LogP contribution in [0.1, 0.15) is 10.5 Å². The fraction of sp³-hybridized carbons (Fsp3) is 0.0833. The number of anilines is 1. The Labute approximate surface area is 123 Å². The van der Waals surface area contributed by atoms with Crippen LogP contribution >= 0.6 is 22.7 Å². The van der Waals surface area contributed by atoms with Crippen LogP contribution in [-0.4, -0.2) is 20.7 Å². The SMILES string of the molecule is Cn1nccc1NNC(=O)c1csc(-c2cccs2)n1. The van der Waals surface area contributed by atoms with Crippen LogP contribution in [0.5, 0.6) is 0 Å². The van der Waals surface area contributed by atoms with Crippen LogP contribution in [0.3, 0.4) is 0 Å². The maximum atomic E-state index is 12.0. The van der Waals surface area contributed by atoms with Crippen molar-refractivity contribution in [2.45, 2.75) is 0 Å². The lowest BCUT2D eigenvalue weighted by atomic mass is 10.4. The normalized spacial score (nSPS) is 10.4. The van der Waals surface area contributed by atoms with Crippen molar-refractivity contribution >= 4 is 34.4 Å². The molecule has 0 saturated carbocycles. The summed E-state index contributed by atoms with van der Waals surface area (Å²) in [6, 6.07) is 5.71. The predicted octanol–water partition coefficient (Wildman–Crippen LogP) is 2.36. The van der Waals surface area contributed by atoms with Crippen molar-refractivity contribution in [3.05, 3.63) is 40.8 Å². The third-order valence-corrected chi connectivity index (χ3v) is 4.48. The van der Waals surface area contributed by atoms with E-state index in [0.29, 0.717) is 11.5 Å². The van der Waals surface area contributed by atoms with E-state index >= 15 is 0 Å². The maximum Gasteiger partial charge on any atom is 0.289 e. The average Bonchev–Trinajstić information content (AvgIpc) is 3.17. The fourth-order valence-corrected chi connectivity index (χ4v) is 3.19. The van der Waals surface area contributed by atoms with Crippen molar-refractivity contribution in [2.75, 3.05) is 5.43 Å². The minimum absolute atomic E-state index is 0.273. The van der Waals surface area contributed by atoms with Crippen LogP contribution in [0, 0.1) is 0 Å². The van der Waals surface area contributed by atoms with Crippen molar-refractivity contribution < 1.29 is 4.79 Å². The molecule has 0 spiro atoms. The molecular formula is C12H11N5OS2. The number of hydrazine groups is 1. The number of amides is 1. The molecule has 0 aliphatic rings. The molecule has 0 aliphatic heterocycles. The van der Waals surface area contributed by atoms with Gasteiger partial charge in [0.05, 0.1) is 11.1 Å². The van der Waals surface area contributed by atoms with Gasteiger partial charge in [-0.05, 0) is 11.4 Å². The Morgan fingerprint density at radius 3 is 2.95 bits per heavy atom. The fourth-order valence-electron chi connectivity index (χ4n) is 1.57. The lowest BCUT2D eigenvalue weighted by molar-refractivity contribution is 0.0958. The highest BCUT2D eigenvalue weighted by Gasteiger charge is 2.12. The van der Waals surface area contributed by atoms with Gasteiger partial charge in [0.15, 0.2) is 0 Å². The Balaban J connectivity index is 1.67. The molecule has 20 heavy (non-hydrogen) atoms. The van der Waals surface area contributed by atoms with Gasteiger partial charge in [-0.2, -0.15) is 5.10 Å². The van der Waals surface area contributed by atoms with Crippen LogP contribution in [0.25, 0.3) is 9.88 Å². The summed E-state index contributed by atoms with van der Waals surface area (Å²) < 4.78 is 1.62. The summed E-state index contributed by atoms with van der Waals surface area (Å²) in [4.78, 5) is 17.4. The van der Waals surface area contributed by atoms with E-state index in [-0.39, 0.29) is 5.91 Å². The molecule has 0 unspecified atom stereocenters. The molecule has 0 fully saturated rings. The number of rotatable bonds is 4. The van der Waals surface area contributed by atoms with Gasteiger partial charge in [0.2, 0.25) is 0 Å². The number of thiazole rings is 1. The maximum absolute atomic E-state index is 12.0. The quantitative estimate of drug-likeness (QED) is 0.726. The first kappa shape index (κ1) is 12.8. The highest BCUT2D eigenvalue weighted by Crippen LogP contribution is 2.27. The molecular weight excluding hydrogens is 294 g/mol. The van der Waals surface area contributed by atoms with Crippen LogP contribution in [0.4, 0.5) is 5.82 Å². The Morgan fingerprint density at radius 1 is 1.35 bits per heavy atom. The van der Waals surface area contributed by atoms with E-state index in [1.165, 1.54) is 11.3 Å². The summed E-state index contributed by atoms with van der Waals surface area (Å²) in [6.45, 7) is 0. The van der Waals surface area contributed by atoms with Gasteiger partial charge in [-0.25, -0.2) is 4.98 Å². The van der Waals surface area contributed by atoms with Gasteiger partial charge in [-0.15, -0.1) is 22.7 Å². The van der Waals surface area contributed by atoms with Crippen molar-refractivity contribution in [3.63, 3.8) is 0 Å². The van der Waals surface area contributed by atoms with Crippen LogP contribution in [0.15, 0.2) is 35.2 Å². The summed E-state index contributed by atoms with van der Waals surface area (Å²) in [6.07, 6.45) is 1.65. The van der Waals surface area contributed by atoms with Gasteiger partial charge in [0, 0.05) is 18.5 Å². The third kappa shape index (κ3) is 2.56. The highest BCUT2D eigenvalue weighted by atomic mass is 32.1. The second-order valence-electron chi connectivity index (χ2n) is 3.93. The van der Waals surface area contributed by atoms with Crippen LogP contribution in [0.2, 0.25) is 0 Å². The van der Waals surface area contributed by atoms with Gasteiger partial charge in [-0.1, -0.05) is 6.07 Å². The lowest BCUT2D eigenvalue weighted by Gasteiger charge is -2.06. The Hall–Kier alpha value is -2.19. The predicted molar refractivity (Wildman–Crippen MR) is 79.7 cm³/mol. The summed E-state index contributed by atoms with van der Waals surface area (Å²) >= 11 is 3.06.